The molecule has 3 rings (SSSR count). The van der Waals surface area contributed by atoms with E-state index in [2.05, 4.69) is 36.5 Å². The number of nitrogens with two attached hydrogens (primary N) is 1. The smallest absolute Gasteiger partial charge is 0.248 e. The molecule has 24 heavy (non-hydrogen) atoms. The number of nitrogens with zero attached hydrogens (tertiary/aromatic N) is 2. The van der Waals surface area contributed by atoms with Gasteiger partial charge in [-0.15, -0.1) is 0 Å². The maximum atomic E-state index is 11.1. The molecule has 1 saturated heterocycles. The van der Waals surface area contributed by atoms with Gasteiger partial charge in [-0.1, -0.05) is 0 Å². The zero-order valence-electron chi connectivity index (χ0n) is 13.0. The third-order valence-corrected chi connectivity index (χ3v) is 4.27. The minimum atomic E-state index is -0.456. The van der Waals surface area contributed by atoms with Gasteiger partial charge in [0.2, 0.25) is 11.9 Å². The highest BCUT2D eigenvalue weighted by Gasteiger charge is 2.16. The second kappa shape index (κ2) is 7.59. The lowest BCUT2D eigenvalue weighted by atomic mass is 10.2. The summed E-state index contributed by atoms with van der Waals surface area (Å²) in [6, 6.07) is 6.82. The van der Waals surface area contributed by atoms with Crippen molar-refractivity contribution >= 4 is 39.3 Å². The van der Waals surface area contributed by atoms with E-state index in [0.717, 1.165) is 29.6 Å². The van der Waals surface area contributed by atoms with E-state index in [1.807, 2.05) is 0 Å². The van der Waals surface area contributed by atoms with Crippen LogP contribution in [0.1, 0.15) is 23.2 Å². The molecule has 1 aromatic heterocycles. The summed E-state index contributed by atoms with van der Waals surface area (Å²) < 4.78 is 6.38. The number of primary amides is 1. The number of carbonyl (C=O) groups is 1. The van der Waals surface area contributed by atoms with E-state index in [0.29, 0.717) is 23.9 Å². The molecular weight excluding hydrogens is 374 g/mol. The number of hydrogen-bond donors (Lipinski definition) is 3. The van der Waals surface area contributed by atoms with E-state index in [4.69, 9.17) is 10.5 Å². The molecule has 0 aliphatic carbocycles. The van der Waals surface area contributed by atoms with Gasteiger partial charge in [0.1, 0.15) is 5.82 Å². The Morgan fingerprint density at radius 1 is 1.38 bits per heavy atom. The van der Waals surface area contributed by atoms with Crippen LogP contribution < -0.4 is 16.4 Å². The summed E-state index contributed by atoms with van der Waals surface area (Å²) in [4.78, 5) is 19.8. The number of rotatable bonds is 6. The number of carbonyl (C=O) groups excluding carboxylic acids is 1. The number of hydrogen-bond acceptors (Lipinski definition) is 6. The molecular formula is C16H18BrN5O2. The summed E-state index contributed by atoms with van der Waals surface area (Å²) in [6.45, 7) is 1.54. The molecule has 1 unspecified atom stereocenters. The molecule has 0 bridgehead atoms. The number of amides is 1. The fraction of sp³-hybridized carbons (Fsp3) is 0.312. The Balaban J connectivity index is 1.66. The third-order valence-electron chi connectivity index (χ3n) is 3.69. The lowest BCUT2D eigenvalue weighted by Crippen LogP contribution is -2.19. The van der Waals surface area contributed by atoms with E-state index >= 15 is 0 Å². The van der Waals surface area contributed by atoms with Crippen LogP contribution in [0.3, 0.4) is 0 Å². The maximum absolute atomic E-state index is 11.1. The van der Waals surface area contributed by atoms with Gasteiger partial charge in [0.05, 0.1) is 10.6 Å². The Morgan fingerprint density at radius 2 is 2.17 bits per heavy atom. The predicted octanol–water partition coefficient (Wildman–Crippen LogP) is 2.67. The van der Waals surface area contributed by atoms with Gasteiger partial charge in [-0.05, 0) is 53.0 Å². The van der Waals surface area contributed by atoms with E-state index in [9.17, 15) is 4.79 Å². The standard InChI is InChI=1S/C16H18BrN5O2/c17-13-9-20-16(21-11-5-3-10(4-6-11)14(18)23)22-15(13)19-8-12-2-1-7-24-12/h3-6,9,12H,1-2,7-8H2,(H2,18,23)(H2,19,20,21,22). The molecule has 1 aliphatic rings. The zero-order chi connectivity index (χ0) is 16.9. The minimum absolute atomic E-state index is 0.226. The highest BCUT2D eigenvalue weighted by Crippen LogP contribution is 2.23. The van der Waals surface area contributed by atoms with Crippen LogP contribution in [0.4, 0.5) is 17.5 Å². The Hall–Kier alpha value is -2.19. The molecule has 1 amide bonds. The highest BCUT2D eigenvalue weighted by atomic mass is 79.9. The second-order valence-electron chi connectivity index (χ2n) is 5.47. The molecule has 0 radical (unpaired) electrons. The van der Waals surface area contributed by atoms with Crippen LogP contribution in [0.2, 0.25) is 0 Å². The molecule has 1 aromatic carbocycles. The topological polar surface area (TPSA) is 102 Å². The van der Waals surface area contributed by atoms with Gasteiger partial charge in [-0.3, -0.25) is 4.79 Å². The van der Waals surface area contributed by atoms with Crippen molar-refractivity contribution in [2.24, 2.45) is 5.73 Å². The molecule has 0 saturated carbocycles. The first-order valence-corrected chi connectivity index (χ1v) is 8.46. The molecule has 1 fully saturated rings. The number of benzene rings is 1. The van der Waals surface area contributed by atoms with Gasteiger partial charge < -0.3 is 21.1 Å². The lowest BCUT2D eigenvalue weighted by molar-refractivity contribution is 0.100. The van der Waals surface area contributed by atoms with E-state index < -0.39 is 5.91 Å². The van der Waals surface area contributed by atoms with Crippen LogP contribution in [-0.4, -0.2) is 35.1 Å². The average Bonchev–Trinajstić information content (AvgIpc) is 3.09. The van der Waals surface area contributed by atoms with Crippen LogP contribution in [-0.2, 0) is 4.74 Å². The molecule has 8 heteroatoms. The molecule has 4 N–H and O–H groups in total. The van der Waals surface area contributed by atoms with Crippen molar-refractivity contribution in [1.82, 2.24) is 9.97 Å². The average molecular weight is 392 g/mol. The molecule has 2 heterocycles. The van der Waals surface area contributed by atoms with Gasteiger partial charge in [0.25, 0.3) is 0 Å². The Bertz CT molecular complexity index is 717. The number of anilines is 3. The first-order valence-electron chi connectivity index (χ1n) is 7.67. The summed E-state index contributed by atoms with van der Waals surface area (Å²) in [5, 5.41) is 6.38. The number of ether oxygens (including phenoxy) is 1. The van der Waals surface area contributed by atoms with Crippen molar-refractivity contribution < 1.29 is 9.53 Å². The quantitative estimate of drug-likeness (QED) is 0.699. The summed E-state index contributed by atoms with van der Waals surface area (Å²) in [5.74, 6) is 0.707. The van der Waals surface area contributed by atoms with Crippen molar-refractivity contribution in [3.63, 3.8) is 0 Å². The number of nitrogens with one attached hydrogen (secondary N) is 2. The third kappa shape index (κ3) is 4.21. The molecule has 7 nitrogen and oxygen atoms in total. The minimum Gasteiger partial charge on any atom is -0.376 e. The van der Waals surface area contributed by atoms with E-state index in [1.54, 1.807) is 30.5 Å². The number of halogens is 1. The zero-order valence-corrected chi connectivity index (χ0v) is 14.5. The van der Waals surface area contributed by atoms with Gasteiger partial charge >= 0.3 is 0 Å². The first kappa shape index (κ1) is 16.7. The van der Waals surface area contributed by atoms with Crippen molar-refractivity contribution in [1.29, 1.82) is 0 Å². The van der Waals surface area contributed by atoms with Crippen LogP contribution >= 0.6 is 15.9 Å². The first-order chi connectivity index (χ1) is 11.6. The lowest BCUT2D eigenvalue weighted by Gasteiger charge is -2.13. The van der Waals surface area contributed by atoms with Crippen LogP contribution in [0, 0.1) is 0 Å². The fourth-order valence-electron chi connectivity index (χ4n) is 2.41. The van der Waals surface area contributed by atoms with Crippen LogP contribution in [0.5, 0.6) is 0 Å². The fourth-order valence-corrected chi connectivity index (χ4v) is 2.75. The monoisotopic (exact) mass is 391 g/mol. The maximum Gasteiger partial charge on any atom is 0.248 e. The van der Waals surface area contributed by atoms with Crippen molar-refractivity contribution in [3.8, 4) is 0 Å². The Kier molecular flexibility index (Phi) is 5.27. The second-order valence-corrected chi connectivity index (χ2v) is 6.33. The van der Waals surface area contributed by atoms with Crippen molar-refractivity contribution in [2.75, 3.05) is 23.8 Å². The van der Waals surface area contributed by atoms with E-state index in [1.165, 1.54) is 0 Å². The molecule has 1 aliphatic heterocycles. The van der Waals surface area contributed by atoms with Gasteiger partial charge in [-0.2, -0.15) is 4.98 Å². The van der Waals surface area contributed by atoms with Crippen molar-refractivity contribution in [3.05, 3.63) is 40.5 Å². The molecule has 2 aromatic rings. The van der Waals surface area contributed by atoms with Crippen molar-refractivity contribution in [2.45, 2.75) is 18.9 Å². The van der Waals surface area contributed by atoms with Crippen LogP contribution in [0.25, 0.3) is 0 Å². The largest absolute Gasteiger partial charge is 0.376 e. The Labute approximate surface area is 148 Å². The normalized spacial score (nSPS) is 16.8. The summed E-state index contributed by atoms with van der Waals surface area (Å²) in [6.07, 6.45) is 4.08. The Morgan fingerprint density at radius 3 is 2.83 bits per heavy atom. The molecule has 0 spiro atoms. The summed E-state index contributed by atoms with van der Waals surface area (Å²) >= 11 is 3.44. The molecule has 1 atom stereocenters. The SMILES string of the molecule is NC(=O)c1ccc(Nc2ncc(Br)c(NCC3CCCO3)n2)cc1. The van der Waals surface area contributed by atoms with Gasteiger partial charge in [0.15, 0.2) is 0 Å². The van der Waals surface area contributed by atoms with E-state index in [-0.39, 0.29) is 6.10 Å². The number of aromatic nitrogens is 2. The highest BCUT2D eigenvalue weighted by molar-refractivity contribution is 9.10. The summed E-state index contributed by atoms with van der Waals surface area (Å²) in [5.41, 5.74) is 6.46. The van der Waals surface area contributed by atoms with Crippen LogP contribution in [0.15, 0.2) is 34.9 Å². The summed E-state index contributed by atoms with van der Waals surface area (Å²) in [7, 11) is 0. The van der Waals surface area contributed by atoms with Gasteiger partial charge in [-0.25, -0.2) is 4.98 Å². The predicted molar refractivity (Wildman–Crippen MR) is 95.4 cm³/mol. The van der Waals surface area contributed by atoms with Gasteiger partial charge in [0, 0.05) is 30.6 Å². The molecule has 126 valence electrons.